The number of hydrogen-bond acceptors (Lipinski definition) is 4. The molecule has 0 aliphatic carbocycles. The predicted molar refractivity (Wildman–Crippen MR) is 88.2 cm³/mol. The number of aromatic nitrogens is 1. The number of hydrogen-bond donors (Lipinski definition) is 0. The number of rotatable bonds is 5. The number of para-hydroxylation sites is 1. The highest BCUT2D eigenvalue weighted by Gasteiger charge is 2.09. The largest absolute Gasteiger partial charge is 0.550 e. The SMILES string of the molecule is O=C([O-])CC/C(=C\c1ccccc1)c1nc2ccccc2s1. The van der Waals surface area contributed by atoms with E-state index in [-0.39, 0.29) is 6.42 Å². The molecule has 0 saturated carbocycles. The van der Waals surface area contributed by atoms with E-state index in [1.807, 2.05) is 60.7 Å². The Balaban J connectivity index is 2.00. The lowest BCUT2D eigenvalue weighted by molar-refractivity contribution is -0.305. The van der Waals surface area contributed by atoms with Crippen molar-refractivity contribution >= 4 is 39.2 Å². The molecule has 0 spiro atoms. The Hall–Kier alpha value is -2.46. The lowest BCUT2D eigenvalue weighted by Crippen LogP contribution is -2.21. The summed E-state index contributed by atoms with van der Waals surface area (Å²) in [5, 5.41) is 11.7. The van der Waals surface area contributed by atoms with Gasteiger partial charge in [0.25, 0.3) is 0 Å². The van der Waals surface area contributed by atoms with Crippen LogP contribution < -0.4 is 5.11 Å². The highest BCUT2D eigenvalue weighted by Crippen LogP contribution is 2.30. The molecule has 0 bridgehead atoms. The molecule has 0 atom stereocenters. The molecule has 0 aliphatic heterocycles. The second kappa shape index (κ2) is 6.54. The van der Waals surface area contributed by atoms with Crippen molar-refractivity contribution in [3.63, 3.8) is 0 Å². The first-order valence-electron chi connectivity index (χ1n) is 7.04. The van der Waals surface area contributed by atoms with Gasteiger partial charge in [0, 0.05) is 5.97 Å². The zero-order valence-corrected chi connectivity index (χ0v) is 12.7. The van der Waals surface area contributed by atoms with E-state index in [2.05, 4.69) is 4.98 Å². The van der Waals surface area contributed by atoms with E-state index < -0.39 is 5.97 Å². The molecule has 0 N–H and O–H groups in total. The Kier molecular flexibility index (Phi) is 4.30. The van der Waals surface area contributed by atoms with Crippen LogP contribution in [-0.2, 0) is 4.79 Å². The van der Waals surface area contributed by atoms with Crippen LogP contribution in [0.1, 0.15) is 23.4 Å². The molecular weight excluding hydrogens is 294 g/mol. The summed E-state index contributed by atoms with van der Waals surface area (Å²) in [6.07, 6.45) is 2.41. The van der Waals surface area contributed by atoms with Crippen LogP contribution in [0.3, 0.4) is 0 Å². The van der Waals surface area contributed by atoms with Crippen molar-refractivity contribution in [2.24, 2.45) is 0 Å². The normalized spacial score (nSPS) is 11.7. The van der Waals surface area contributed by atoms with Crippen molar-refractivity contribution in [3.05, 3.63) is 65.2 Å². The number of carbonyl (C=O) groups is 1. The summed E-state index contributed by atoms with van der Waals surface area (Å²) in [7, 11) is 0. The number of nitrogens with zero attached hydrogens (tertiary/aromatic N) is 1. The highest BCUT2D eigenvalue weighted by atomic mass is 32.1. The third kappa shape index (κ3) is 3.40. The van der Waals surface area contributed by atoms with Crippen molar-refractivity contribution in [3.8, 4) is 0 Å². The van der Waals surface area contributed by atoms with Crippen molar-refractivity contribution in [2.75, 3.05) is 0 Å². The maximum atomic E-state index is 10.8. The van der Waals surface area contributed by atoms with E-state index in [0.717, 1.165) is 26.4 Å². The second-order valence-corrected chi connectivity index (χ2v) is 5.97. The molecule has 4 heteroatoms. The molecule has 3 nitrogen and oxygen atoms in total. The van der Waals surface area contributed by atoms with Crippen LogP contribution in [-0.4, -0.2) is 11.0 Å². The number of aliphatic carboxylic acids is 1. The molecule has 0 fully saturated rings. The van der Waals surface area contributed by atoms with Crippen LogP contribution in [0, 0.1) is 0 Å². The molecular formula is C18H14NO2S-. The lowest BCUT2D eigenvalue weighted by atomic mass is 10.1. The first-order valence-corrected chi connectivity index (χ1v) is 7.85. The minimum absolute atomic E-state index is 0.00536. The number of thiazole rings is 1. The molecule has 0 aliphatic rings. The summed E-state index contributed by atoms with van der Waals surface area (Å²) in [5.74, 6) is -1.04. The summed E-state index contributed by atoms with van der Waals surface area (Å²) >= 11 is 1.58. The van der Waals surface area contributed by atoms with Crippen LogP contribution in [0.5, 0.6) is 0 Å². The van der Waals surface area contributed by atoms with Gasteiger partial charge in [0.1, 0.15) is 5.01 Å². The average molecular weight is 308 g/mol. The Morgan fingerprint density at radius 2 is 1.77 bits per heavy atom. The van der Waals surface area contributed by atoms with Crippen LogP contribution >= 0.6 is 11.3 Å². The number of carboxylic acid groups (broad SMARTS) is 1. The molecule has 1 aromatic heterocycles. The van der Waals surface area contributed by atoms with Crippen LogP contribution in [0.25, 0.3) is 21.9 Å². The fraction of sp³-hybridized carbons (Fsp3) is 0.111. The standard InChI is InChI=1S/C18H15NO2S/c20-17(21)11-10-14(12-13-6-2-1-3-7-13)18-19-15-8-4-5-9-16(15)22-18/h1-9,12H,10-11H2,(H,20,21)/p-1/b14-12+. The van der Waals surface area contributed by atoms with E-state index in [0.29, 0.717) is 6.42 Å². The van der Waals surface area contributed by atoms with Crippen molar-refractivity contribution in [1.82, 2.24) is 4.98 Å². The minimum atomic E-state index is -1.04. The molecule has 2 aromatic carbocycles. The molecule has 0 saturated heterocycles. The number of allylic oxidation sites excluding steroid dienone is 1. The predicted octanol–water partition coefficient (Wildman–Crippen LogP) is 3.37. The molecule has 1 heterocycles. The monoisotopic (exact) mass is 308 g/mol. The average Bonchev–Trinajstić information content (AvgIpc) is 2.96. The lowest BCUT2D eigenvalue weighted by Gasteiger charge is -2.05. The van der Waals surface area contributed by atoms with E-state index in [9.17, 15) is 9.90 Å². The van der Waals surface area contributed by atoms with Gasteiger partial charge in [-0.05, 0) is 42.2 Å². The first kappa shape index (κ1) is 14.5. The van der Waals surface area contributed by atoms with Gasteiger partial charge in [0.05, 0.1) is 10.2 Å². The number of fused-ring (bicyclic) bond motifs is 1. The van der Waals surface area contributed by atoms with Crippen LogP contribution in [0.2, 0.25) is 0 Å². The van der Waals surface area contributed by atoms with Gasteiger partial charge in [-0.15, -0.1) is 11.3 Å². The van der Waals surface area contributed by atoms with Crippen molar-refractivity contribution in [2.45, 2.75) is 12.8 Å². The van der Waals surface area contributed by atoms with Crippen LogP contribution in [0.4, 0.5) is 0 Å². The smallest absolute Gasteiger partial charge is 0.120 e. The molecule has 22 heavy (non-hydrogen) atoms. The van der Waals surface area contributed by atoms with Gasteiger partial charge in [0.2, 0.25) is 0 Å². The summed E-state index contributed by atoms with van der Waals surface area (Å²) in [4.78, 5) is 15.4. The maximum Gasteiger partial charge on any atom is 0.120 e. The topological polar surface area (TPSA) is 53.0 Å². The van der Waals surface area contributed by atoms with Gasteiger partial charge >= 0.3 is 0 Å². The van der Waals surface area contributed by atoms with Gasteiger partial charge in [-0.25, -0.2) is 4.98 Å². The first-order chi connectivity index (χ1) is 10.7. The molecule has 110 valence electrons. The minimum Gasteiger partial charge on any atom is -0.550 e. The van der Waals surface area contributed by atoms with Crippen molar-refractivity contribution in [1.29, 1.82) is 0 Å². The van der Waals surface area contributed by atoms with E-state index in [4.69, 9.17) is 0 Å². The van der Waals surface area contributed by atoms with Gasteiger partial charge < -0.3 is 9.90 Å². The molecule has 3 rings (SSSR count). The quantitative estimate of drug-likeness (QED) is 0.726. The summed E-state index contributed by atoms with van der Waals surface area (Å²) in [5.41, 5.74) is 2.90. The summed E-state index contributed by atoms with van der Waals surface area (Å²) < 4.78 is 1.10. The Bertz CT molecular complexity index is 788. The zero-order chi connectivity index (χ0) is 15.4. The highest BCUT2D eigenvalue weighted by molar-refractivity contribution is 7.19. The number of benzene rings is 2. The molecule has 0 amide bonds. The molecule has 0 unspecified atom stereocenters. The van der Waals surface area contributed by atoms with Gasteiger partial charge in [0.15, 0.2) is 0 Å². The van der Waals surface area contributed by atoms with Gasteiger partial charge in [-0.2, -0.15) is 0 Å². The summed E-state index contributed by atoms with van der Waals surface area (Å²) in [6, 6.07) is 17.8. The maximum absolute atomic E-state index is 10.8. The number of carboxylic acids is 1. The number of carbonyl (C=O) groups excluding carboxylic acids is 1. The van der Waals surface area contributed by atoms with Gasteiger partial charge in [-0.1, -0.05) is 42.5 Å². The Morgan fingerprint density at radius 3 is 2.50 bits per heavy atom. The summed E-state index contributed by atoms with van der Waals surface area (Å²) in [6.45, 7) is 0. The van der Waals surface area contributed by atoms with E-state index >= 15 is 0 Å². The third-order valence-corrected chi connectivity index (χ3v) is 4.42. The fourth-order valence-corrected chi connectivity index (χ4v) is 3.25. The molecule has 3 aromatic rings. The van der Waals surface area contributed by atoms with Crippen LogP contribution in [0.15, 0.2) is 54.6 Å². The zero-order valence-electron chi connectivity index (χ0n) is 11.9. The Morgan fingerprint density at radius 1 is 1.05 bits per heavy atom. The van der Waals surface area contributed by atoms with E-state index in [1.165, 1.54) is 0 Å². The third-order valence-electron chi connectivity index (χ3n) is 3.31. The second-order valence-electron chi connectivity index (χ2n) is 4.94. The van der Waals surface area contributed by atoms with Crippen molar-refractivity contribution < 1.29 is 9.90 Å². The Labute approximate surface area is 132 Å². The van der Waals surface area contributed by atoms with Gasteiger partial charge in [-0.3, -0.25) is 0 Å². The molecule has 0 radical (unpaired) electrons. The van der Waals surface area contributed by atoms with E-state index in [1.54, 1.807) is 11.3 Å². The fourth-order valence-electron chi connectivity index (χ4n) is 2.24.